The molecule has 32 heavy (non-hydrogen) atoms. The van der Waals surface area contributed by atoms with E-state index >= 15 is 0 Å². The molecule has 168 valence electrons. The Labute approximate surface area is 191 Å². The van der Waals surface area contributed by atoms with Crippen molar-refractivity contribution in [3.63, 3.8) is 0 Å². The molecule has 2 aliphatic rings. The minimum atomic E-state index is -0.744. The average molecular weight is 431 g/mol. The number of aryl methyl sites for hydroxylation is 4. The van der Waals surface area contributed by atoms with Crippen LogP contribution in [0.2, 0.25) is 0 Å². The fraction of sp³-hybridized carbons (Fsp3) is 0.429. The van der Waals surface area contributed by atoms with Gasteiger partial charge in [-0.3, -0.25) is 9.59 Å². The lowest BCUT2D eigenvalue weighted by Gasteiger charge is -2.31. The summed E-state index contributed by atoms with van der Waals surface area (Å²) in [5.74, 6) is -0.223. The molecule has 0 aromatic heterocycles. The van der Waals surface area contributed by atoms with Crippen LogP contribution < -0.4 is 10.6 Å². The average Bonchev–Trinajstić information content (AvgIpc) is 2.77. The van der Waals surface area contributed by atoms with Crippen molar-refractivity contribution in [2.45, 2.75) is 77.7 Å². The zero-order chi connectivity index (χ0) is 22.7. The summed E-state index contributed by atoms with van der Waals surface area (Å²) in [6, 6.07) is 13.0. The molecule has 0 aliphatic heterocycles. The first-order valence-corrected chi connectivity index (χ1v) is 11.9. The first-order valence-electron chi connectivity index (χ1n) is 11.9. The van der Waals surface area contributed by atoms with Crippen LogP contribution in [0.1, 0.15) is 79.8 Å². The lowest BCUT2D eigenvalue weighted by molar-refractivity contribution is -0.120. The number of fused-ring (bicyclic) bond motifs is 2. The number of amides is 2. The lowest BCUT2D eigenvalue weighted by Crippen LogP contribution is -2.42. The van der Waals surface area contributed by atoms with Gasteiger partial charge in [-0.05, 0) is 104 Å². The van der Waals surface area contributed by atoms with Crippen LogP contribution in [-0.4, -0.2) is 11.8 Å². The zero-order valence-electron chi connectivity index (χ0n) is 19.5. The van der Waals surface area contributed by atoms with Gasteiger partial charge in [0.2, 0.25) is 11.8 Å². The van der Waals surface area contributed by atoms with Gasteiger partial charge in [0.25, 0.3) is 0 Å². The predicted octanol–water partition coefficient (Wildman–Crippen LogP) is 4.97. The largest absolute Gasteiger partial charge is 0.344 e. The highest BCUT2D eigenvalue weighted by molar-refractivity contribution is 5.86. The van der Waals surface area contributed by atoms with Gasteiger partial charge in [-0.1, -0.05) is 30.3 Å². The van der Waals surface area contributed by atoms with Crippen LogP contribution in [0.5, 0.6) is 0 Å². The van der Waals surface area contributed by atoms with Gasteiger partial charge in [0.05, 0.1) is 5.54 Å². The molecule has 0 fully saturated rings. The second kappa shape index (κ2) is 9.32. The molecule has 1 atom stereocenters. The van der Waals surface area contributed by atoms with Crippen LogP contribution >= 0.6 is 0 Å². The standard InChI is InChI=1S/C28H34N2O2/c1-19(31)29-27(25-13-12-21-8-4-6-10-23(21)16-25)18-28(3,30-20(2)32)26-15-14-22-9-5-7-11-24(22)17-26/h12-18H,4-11H2,1-3H3,(H,29,31)(H,30,32)/b27-18-. The Kier molecular flexibility index (Phi) is 6.50. The number of rotatable bonds is 5. The van der Waals surface area contributed by atoms with E-state index in [1.165, 1.54) is 54.9 Å². The minimum Gasteiger partial charge on any atom is -0.344 e. The fourth-order valence-electron chi connectivity index (χ4n) is 5.18. The minimum absolute atomic E-state index is 0.103. The molecule has 0 saturated carbocycles. The Bertz CT molecular complexity index is 1070. The summed E-state index contributed by atoms with van der Waals surface area (Å²) in [5.41, 5.74) is 7.55. The maximum absolute atomic E-state index is 12.2. The number of carbonyl (C=O) groups is 2. The van der Waals surface area contributed by atoms with Gasteiger partial charge in [0.1, 0.15) is 0 Å². The van der Waals surface area contributed by atoms with Crippen LogP contribution in [-0.2, 0) is 40.8 Å². The molecule has 0 saturated heterocycles. The van der Waals surface area contributed by atoms with Gasteiger partial charge in [0.15, 0.2) is 0 Å². The van der Waals surface area contributed by atoms with Crippen molar-refractivity contribution in [3.8, 4) is 0 Å². The maximum Gasteiger partial charge on any atom is 0.221 e. The Morgan fingerprint density at radius 1 is 0.781 bits per heavy atom. The third-order valence-corrected chi connectivity index (χ3v) is 6.79. The summed E-state index contributed by atoms with van der Waals surface area (Å²) in [6.45, 7) is 5.08. The summed E-state index contributed by atoms with van der Waals surface area (Å²) in [5, 5.41) is 6.18. The molecular formula is C28H34N2O2. The molecular weight excluding hydrogens is 396 g/mol. The Balaban J connectivity index is 1.80. The monoisotopic (exact) mass is 430 g/mol. The fourth-order valence-corrected chi connectivity index (χ4v) is 5.18. The quantitative estimate of drug-likeness (QED) is 0.703. The smallest absolute Gasteiger partial charge is 0.221 e. The molecule has 2 aromatic carbocycles. The summed E-state index contributed by atoms with van der Waals surface area (Å²) >= 11 is 0. The molecule has 1 unspecified atom stereocenters. The van der Waals surface area contributed by atoms with Gasteiger partial charge in [-0.2, -0.15) is 0 Å². The molecule has 0 heterocycles. The van der Waals surface area contributed by atoms with Crippen molar-refractivity contribution < 1.29 is 9.59 Å². The van der Waals surface area contributed by atoms with Crippen molar-refractivity contribution in [1.82, 2.24) is 10.6 Å². The summed E-state index contributed by atoms with van der Waals surface area (Å²) in [6.07, 6.45) is 11.3. The van der Waals surface area contributed by atoms with E-state index in [1.807, 2.05) is 13.0 Å². The van der Waals surface area contributed by atoms with E-state index < -0.39 is 5.54 Å². The summed E-state index contributed by atoms with van der Waals surface area (Å²) in [4.78, 5) is 24.3. The Morgan fingerprint density at radius 2 is 1.34 bits per heavy atom. The highest BCUT2D eigenvalue weighted by Crippen LogP contribution is 2.32. The number of nitrogens with one attached hydrogen (secondary N) is 2. The third kappa shape index (κ3) is 4.95. The Hall–Kier alpha value is -2.88. The second-order valence-corrected chi connectivity index (χ2v) is 9.50. The zero-order valence-corrected chi connectivity index (χ0v) is 19.5. The van der Waals surface area contributed by atoms with E-state index in [0.29, 0.717) is 0 Å². The molecule has 0 bridgehead atoms. The summed E-state index contributed by atoms with van der Waals surface area (Å²) < 4.78 is 0. The highest BCUT2D eigenvalue weighted by Gasteiger charge is 2.28. The first-order chi connectivity index (χ1) is 15.3. The van der Waals surface area contributed by atoms with Crippen LogP contribution in [0, 0.1) is 0 Å². The van der Waals surface area contributed by atoms with Gasteiger partial charge < -0.3 is 10.6 Å². The molecule has 2 N–H and O–H groups in total. The van der Waals surface area contributed by atoms with Crippen LogP contribution in [0.4, 0.5) is 0 Å². The summed E-state index contributed by atoms with van der Waals surface area (Å²) in [7, 11) is 0. The van der Waals surface area contributed by atoms with Crippen LogP contribution in [0.25, 0.3) is 5.70 Å². The van der Waals surface area contributed by atoms with Gasteiger partial charge in [-0.15, -0.1) is 0 Å². The normalized spacial score (nSPS) is 17.5. The van der Waals surface area contributed by atoms with Crippen molar-refractivity contribution in [1.29, 1.82) is 0 Å². The first kappa shape index (κ1) is 22.3. The molecule has 0 spiro atoms. The Morgan fingerprint density at radius 3 is 1.94 bits per heavy atom. The lowest BCUT2D eigenvalue weighted by atomic mass is 9.83. The second-order valence-electron chi connectivity index (χ2n) is 9.50. The van der Waals surface area contributed by atoms with E-state index in [0.717, 1.165) is 42.5 Å². The highest BCUT2D eigenvalue weighted by atomic mass is 16.2. The molecule has 2 aromatic rings. The van der Waals surface area contributed by atoms with Crippen LogP contribution in [0.3, 0.4) is 0 Å². The van der Waals surface area contributed by atoms with Crippen molar-refractivity contribution in [2.75, 3.05) is 0 Å². The molecule has 2 amide bonds. The number of benzene rings is 2. The SMILES string of the molecule is CC(=O)N/C(=C\C(C)(NC(C)=O)c1ccc2c(c1)CCCC2)c1ccc2c(c1)CCCC2. The van der Waals surface area contributed by atoms with Crippen molar-refractivity contribution in [2.24, 2.45) is 0 Å². The van der Waals surface area contributed by atoms with Gasteiger partial charge in [-0.25, -0.2) is 0 Å². The van der Waals surface area contributed by atoms with Crippen molar-refractivity contribution >= 4 is 17.5 Å². The molecule has 4 rings (SSSR count). The molecule has 4 nitrogen and oxygen atoms in total. The van der Waals surface area contributed by atoms with E-state index in [9.17, 15) is 9.59 Å². The van der Waals surface area contributed by atoms with Gasteiger partial charge >= 0.3 is 0 Å². The van der Waals surface area contributed by atoms with E-state index in [-0.39, 0.29) is 11.8 Å². The topological polar surface area (TPSA) is 58.2 Å². The third-order valence-electron chi connectivity index (χ3n) is 6.79. The molecule has 4 heteroatoms. The van der Waals surface area contributed by atoms with Crippen LogP contribution in [0.15, 0.2) is 42.5 Å². The van der Waals surface area contributed by atoms with E-state index in [4.69, 9.17) is 0 Å². The predicted molar refractivity (Wildman–Crippen MR) is 129 cm³/mol. The maximum atomic E-state index is 12.2. The number of hydrogen-bond donors (Lipinski definition) is 2. The van der Waals surface area contributed by atoms with Crippen molar-refractivity contribution in [3.05, 3.63) is 75.9 Å². The van der Waals surface area contributed by atoms with E-state index in [1.54, 1.807) is 6.92 Å². The van der Waals surface area contributed by atoms with E-state index in [2.05, 4.69) is 47.0 Å². The number of carbonyl (C=O) groups excluding carboxylic acids is 2. The molecule has 2 aliphatic carbocycles. The molecule has 0 radical (unpaired) electrons. The van der Waals surface area contributed by atoms with Gasteiger partial charge in [0, 0.05) is 19.5 Å². The number of hydrogen-bond acceptors (Lipinski definition) is 2.